The van der Waals surface area contributed by atoms with Gasteiger partial charge in [-0.2, -0.15) is 9.40 Å². The molecule has 2 N–H and O–H groups in total. The fourth-order valence-corrected chi connectivity index (χ4v) is 5.30. The van der Waals surface area contributed by atoms with Crippen LogP contribution in [0.15, 0.2) is 34.1 Å². The van der Waals surface area contributed by atoms with Gasteiger partial charge in [-0.15, -0.1) is 11.3 Å². The number of hydrogen-bond acceptors (Lipinski definition) is 5. The maximum Gasteiger partial charge on any atom is 0.253 e. The molecule has 1 fully saturated rings. The average molecular weight is 340 g/mol. The first-order chi connectivity index (χ1) is 10.6. The van der Waals surface area contributed by atoms with Crippen molar-refractivity contribution in [1.82, 2.24) is 14.5 Å². The number of thiophene rings is 1. The van der Waals surface area contributed by atoms with Gasteiger partial charge in [0.05, 0.1) is 11.9 Å². The molecule has 0 aromatic carbocycles. The third kappa shape index (κ3) is 2.92. The van der Waals surface area contributed by atoms with Gasteiger partial charge in [-0.3, -0.25) is 9.89 Å². The minimum atomic E-state index is -3.62. The third-order valence-corrected chi connectivity index (χ3v) is 6.86. The standard InChI is InChI=1S/C13H16N4O3S2/c18-13(16-10-8-14-15-9-10)11-4-1-2-6-17(11)22(19,20)12-5-3-7-21-12/h3,5,7-9,11H,1-2,4,6H2,(H,14,15)(H,16,18). The molecule has 2 aromatic heterocycles. The maximum atomic E-state index is 12.7. The van der Waals surface area contributed by atoms with E-state index in [-0.39, 0.29) is 10.1 Å². The molecule has 22 heavy (non-hydrogen) atoms. The van der Waals surface area contributed by atoms with Crippen molar-refractivity contribution in [3.8, 4) is 0 Å². The van der Waals surface area contributed by atoms with Gasteiger partial charge in [-0.1, -0.05) is 12.5 Å². The van der Waals surface area contributed by atoms with Crippen molar-refractivity contribution < 1.29 is 13.2 Å². The average Bonchev–Trinajstić information content (AvgIpc) is 3.20. The van der Waals surface area contributed by atoms with Crippen molar-refractivity contribution in [2.45, 2.75) is 29.5 Å². The molecule has 1 amide bonds. The van der Waals surface area contributed by atoms with Crippen molar-refractivity contribution in [1.29, 1.82) is 0 Å². The molecule has 1 unspecified atom stereocenters. The number of carbonyl (C=O) groups excluding carboxylic acids is 1. The largest absolute Gasteiger partial charge is 0.322 e. The van der Waals surface area contributed by atoms with Crippen LogP contribution in [-0.2, 0) is 14.8 Å². The van der Waals surface area contributed by atoms with Crippen molar-refractivity contribution >= 4 is 33.0 Å². The third-order valence-electron chi connectivity index (χ3n) is 3.58. The van der Waals surface area contributed by atoms with Gasteiger partial charge >= 0.3 is 0 Å². The summed E-state index contributed by atoms with van der Waals surface area (Å²) in [7, 11) is -3.62. The molecular weight excluding hydrogens is 324 g/mol. The van der Waals surface area contributed by atoms with E-state index in [1.165, 1.54) is 21.8 Å². The van der Waals surface area contributed by atoms with E-state index >= 15 is 0 Å². The molecule has 1 aliphatic heterocycles. The Balaban J connectivity index is 1.84. The predicted molar refractivity (Wildman–Crippen MR) is 83.1 cm³/mol. The summed E-state index contributed by atoms with van der Waals surface area (Å²) in [5.74, 6) is -0.318. The smallest absolute Gasteiger partial charge is 0.253 e. The summed E-state index contributed by atoms with van der Waals surface area (Å²) < 4.78 is 27.0. The van der Waals surface area contributed by atoms with Crippen LogP contribution >= 0.6 is 11.3 Å². The monoisotopic (exact) mass is 340 g/mol. The molecule has 7 nitrogen and oxygen atoms in total. The van der Waals surface area contributed by atoms with Crippen molar-refractivity contribution in [2.24, 2.45) is 0 Å². The van der Waals surface area contributed by atoms with Crippen LogP contribution in [0, 0.1) is 0 Å². The van der Waals surface area contributed by atoms with Crippen LogP contribution in [0.4, 0.5) is 5.69 Å². The molecule has 1 atom stereocenters. The maximum absolute atomic E-state index is 12.7. The molecule has 0 spiro atoms. The Hall–Kier alpha value is -1.71. The first-order valence-corrected chi connectivity index (χ1v) is 9.26. The molecule has 9 heteroatoms. The van der Waals surface area contributed by atoms with Crippen LogP contribution in [0.2, 0.25) is 0 Å². The molecule has 0 saturated carbocycles. The Labute approximate surface area is 132 Å². The van der Waals surface area contributed by atoms with Gasteiger partial charge in [-0.05, 0) is 24.3 Å². The highest BCUT2D eigenvalue weighted by molar-refractivity contribution is 7.91. The SMILES string of the molecule is O=C(Nc1cn[nH]c1)C1CCCCN1S(=O)(=O)c1cccs1. The fraction of sp³-hybridized carbons (Fsp3) is 0.385. The minimum Gasteiger partial charge on any atom is -0.322 e. The normalized spacial score (nSPS) is 19.9. The molecule has 1 saturated heterocycles. The number of aromatic amines is 1. The van der Waals surface area contributed by atoms with E-state index in [1.54, 1.807) is 23.7 Å². The minimum absolute atomic E-state index is 0.274. The quantitative estimate of drug-likeness (QED) is 0.885. The van der Waals surface area contributed by atoms with E-state index in [4.69, 9.17) is 0 Å². The second-order valence-corrected chi connectivity index (χ2v) is 8.10. The molecule has 2 aromatic rings. The number of sulfonamides is 1. The predicted octanol–water partition coefficient (Wildman–Crippen LogP) is 1.65. The number of aromatic nitrogens is 2. The molecule has 0 radical (unpaired) electrons. The van der Waals surface area contributed by atoms with E-state index in [1.807, 2.05) is 0 Å². The highest BCUT2D eigenvalue weighted by Crippen LogP contribution is 2.28. The van der Waals surface area contributed by atoms with Gasteiger partial charge < -0.3 is 5.32 Å². The van der Waals surface area contributed by atoms with Crippen LogP contribution in [0.1, 0.15) is 19.3 Å². The summed E-state index contributed by atoms with van der Waals surface area (Å²) in [5, 5.41) is 10.8. The Kier molecular flexibility index (Phi) is 4.27. The molecular formula is C13H16N4O3S2. The lowest BCUT2D eigenvalue weighted by molar-refractivity contribution is -0.120. The van der Waals surface area contributed by atoms with Crippen LogP contribution in [-0.4, -0.2) is 41.4 Å². The number of nitrogens with zero attached hydrogens (tertiary/aromatic N) is 2. The van der Waals surface area contributed by atoms with E-state index in [9.17, 15) is 13.2 Å². The number of anilines is 1. The zero-order chi connectivity index (χ0) is 15.6. The Bertz CT molecular complexity index is 725. The lowest BCUT2D eigenvalue weighted by atomic mass is 10.0. The van der Waals surface area contributed by atoms with E-state index in [0.717, 1.165) is 12.8 Å². The summed E-state index contributed by atoms with van der Waals surface area (Å²) in [6.45, 7) is 0.365. The van der Waals surface area contributed by atoms with Crippen molar-refractivity contribution in [3.63, 3.8) is 0 Å². The Morgan fingerprint density at radius 1 is 1.45 bits per heavy atom. The first-order valence-electron chi connectivity index (χ1n) is 6.94. The second kappa shape index (κ2) is 6.19. The fourth-order valence-electron chi connectivity index (χ4n) is 2.53. The molecule has 3 heterocycles. The summed E-state index contributed by atoms with van der Waals surface area (Å²) >= 11 is 1.17. The van der Waals surface area contributed by atoms with E-state index in [2.05, 4.69) is 15.5 Å². The number of rotatable bonds is 4. The van der Waals surface area contributed by atoms with Crippen LogP contribution < -0.4 is 5.32 Å². The van der Waals surface area contributed by atoms with Gasteiger partial charge in [0.2, 0.25) is 5.91 Å². The summed E-state index contributed by atoms with van der Waals surface area (Å²) in [6, 6.07) is 2.58. The lowest BCUT2D eigenvalue weighted by Crippen LogP contribution is -2.49. The van der Waals surface area contributed by atoms with Crippen LogP contribution in [0.25, 0.3) is 0 Å². The number of carbonyl (C=O) groups is 1. The van der Waals surface area contributed by atoms with Crippen LogP contribution in [0.3, 0.4) is 0 Å². The van der Waals surface area contributed by atoms with Gasteiger partial charge in [0.15, 0.2) is 0 Å². The lowest BCUT2D eigenvalue weighted by Gasteiger charge is -2.33. The molecule has 3 rings (SSSR count). The number of piperidine rings is 1. The van der Waals surface area contributed by atoms with Gasteiger partial charge in [0.1, 0.15) is 10.3 Å². The van der Waals surface area contributed by atoms with Gasteiger partial charge in [0.25, 0.3) is 10.0 Å². The molecule has 1 aliphatic rings. The molecule has 118 valence electrons. The van der Waals surface area contributed by atoms with Gasteiger partial charge in [-0.25, -0.2) is 8.42 Å². The topological polar surface area (TPSA) is 95.2 Å². The number of amides is 1. The van der Waals surface area contributed by atoms with Crippen molar-refractivity contribution in [3.05, 3.63) is 29.9 Å². The van der Waals surface area contributed by atoms with E-state index in [0.29, 0.717) is 18.7 Å². The van der Waals surface area contributed by atoms with E-state index < -0.39 is 16.1 Å². The Morgan fingerprint density at radius 3 is 3.00 bits per heavy atom. The van der Waals surface area contributed by atoms with Crippen molar-refractivity contribution in [2.75, 3.05) is 11.9 Å². The summed E-state index contributed by atoms with van der Waals surface area (Å²) in [5.41, 5.74) is 0.532. The zero-order valence-corrected chi connectivity index (χ0v) is 13.4. The number of H-pyrrole nitrogens is 1. The highest BCUT2D eigenvalue weighted by atomic mass is 32.2. The second-order valence-electron chi connectivity index (χ2n) is 5.04. The number of hydrogen-bond donors (Lipinski definition) is 2. The highest BCUT2D eigenvalue weighted by Gasteiger charge is 2.38. The summed E-state index contributed by atoms with van der Waals surface area (Å²) in [6.07, 6.45) is 5.16. The molecule has 0 bridgehead atoms. The molecule has 0 aliphatic carbocycles. The first kappa shape index (κ1) is 15.2. The van der Waals surface area contributed by atoms with Crippen LogP contribution in [0.5, 0.6) is 0 Å². The zero-order valence-electron chi connectivity index (χ0n) is 11.7. The summed E-state index contributed by atoms with van der Waals surface area (Å²) in [4.78, 5) is 12.4. The van der Waals surface area contributed by atoms with Gasteiger partial charge in [0, 0.05) is 12.7 Å². The number of nitrogens with one attached hydrogen (secondary N) is 2. The Morgan fingerprint density at radius 2 is 2.32 bits per heavy atom.